The van der Waals surface area contributed by atoms with Crippen molar-refractivity contribution in [2.45, 2.75) is 51.5 Å². The third-order valence-corrected chi connectivity index (χ3v) is 6.68. The molecule has 5 nitrogen and oxygen atoms in total. The first-order chi connectivity index (χ1) is 11.1. The minimum atomic E-state index is -0.265. The van der Waals surface area contributed by atoms with Crippen LogP contribution in [0.25, 0.3) is 0 Å². The standard InChI is InChI=1S/C17H29N3O2S/c1-17(6-8-18-9-7-17)11-19-15(21)14-10-23-12-20(14)16(22)13-4-2-3-5-13/h13-14,18H,2-12H2,1H3,(H,19,21). The van der Waals surface area contributed by atoms with E-state index in [1.165, 1.54) is 0 Å². The molecule has 1 aliphatic carbocycles. The van der Waals surface area contributed by atoms with Crippen LogP contribution in [0.15, 0.2) is 0 Å². The molecule has 3 fully saturated rings. The van der Waals surface area contributed by atoms with E-state index in [0.29, 0.717) is 5.88 Å². The second-order valence-electron chi connectivity index (χ2n) is 7.58. The van der Waals surface area contributed by atoms with Crippen molar-refractivity contribution in [3.63, 3.8) is 0 Å². The van der Waals surface area contributed by atoms with Crippen LogP contribution < -0.4 is 10.6 Å². The Morgan fingerprint density at radius 3 is 2.65 bits per heavy atom. The first-order valence-electron chi connectivity index (χ1n) is 8.96. The van der Waals surface area contributed by atoms with Crippen LogP contribution in [0.2, 0.25) is 0 Å². The molecule has 2 N–H and O–H groups in total. The van der Waals surface area contributed by atoms with E-state index in [4.69, 9.17) is 0 Å². The zero-order valence-corrected chi connectivity index (χ0v) is 14.9. The summed E-state index contributed by atoms with van der Waals surface area (Å²) in [4.78, 5) is 27.1. The van der Waals surface area contributed by atoms with Gasteiger partial charge in [-0.1, -0.05) is 19.8 Å². The van der Waals surface area contributed by atoms with Gasteiger partial charge in [-0.05, 0) is 44.2 Å². The third kappa shape index (κ3) is 4.02. The number of nitrogens with one attached hydrogen (secondary N) is 2. The number of piperidine rings is 1. The second kappa shape index (κ2) is 7.43. The maximum Gasteiger partial charge on any atom is 0.243 e. The van der Waals surface area contributed by atoms with Gasteiger partial charge in [0.1, 0.15) is 6.04 Å². The van der Waals surface area contributed by atoms with Gasteiger partial charge in [0.2, 0.25) is 11.8 Å². The summed E-state index contributed by atoms with van der Waals surface area (Å²) in [6, 6.07) is -0.265. The molecule has 0 aromatic carbocycles. The molecule has 2 amide bonds. The molecule has 6 heteroatoms. The summed E-state index contributed by atoms with van der Waals surface area (Å²) in [6.07, 6.45) is 6.49. The second-order valence-corrected chi connectivity index (χ2v) is 8.58. The van der Waals surface area contributed by atoms with Gasteiger partial charge in [0.15, 0.2) is 0 Å². The number of carbonyl (C=O) groups is 2. The lowest BCUT2D eigenvalue weighted by Crippen LogP contribution is -2.51. The summed E-state index contributed by atoms with van der Waals surface area (Å²) < 4.78 is 0. The highest BCUT2D eigenvalue weighted by Gasteiger charge is 2.39. The molecule has 23 heavy (non-hydrogen) atoms. The van der Waals surface area contributed by atoms with Crippen molar-refractivity contribution < 1.29 is 9.59 Å². The monoisotopic (exact) mass is 339 g/mol. The van der Waals surface area contributed by atoms with Crippen LogP contribution in [0.5, 0.6) is 0 Å². The van der Waals surface area contributed by atoms with Crippen molar-refractivity contribution in [3.05, 3.63) is 0 Å². The fourth-order valence-electron chi connectivity index (χ4n) is 3.91. The molecule has 1 atom stereocenters. The van der Waals surface area contributed by atoms with E-state index >= 15 is 0 Å². The quantitative estimate of drug-likeness (QED) is 0.816. The normalized spacial score (nSPS) is 28.0. The lowest BCUT2D eigenvalue weighted by Gasteiger charge is -2.35. The molecule has 0 aromatic rings. The number of carbonyl (C=O) groups excluding carboxylic acids is 2. The van der Waals surface area contributed by atoms with Crippen molar-refractivity contribution in [2.75, 3.05) is 31.3 Å². The summed E-state index contributed by atoms with van der Waals surface area (Å²) in [5.74, 6) is 1.82. The molecule has 2 saturated heterocycles. The highest BCUT2D eigenvalue weighted by atomic mass is 32.2. The molecule has 2 heterocycles. The van der Waals surface area contributed by atoms with Gasteiger partial charge < -0.3 is 15.5 Å². The average Bonchev–Trinajstić information content (AvgIpc) is 3.24. The minimum Gasteiger partial charge on any atom is -0.354 e. The fourth-order valence-corrected chi connectivity index (χ4v) is 5.07. The molecule has 3 rings (SSSR count). The molecule has 130 valence electrons. The number of thioether (sulfide) groups is 1. The van der Waals surface area contributed by atoms with Gasteiger partial charge in [-0.3, -0.25) is 9.59 Å². The Labute approximate surface area is 143 Å². The summed E-state index contributed by atoms with van der Waals surface area (Å²) in [5, 5.41) is 6.50. The number of hydrogen-bond donors (Lipinski definition) is 2. The lowest BCUT2D eigenvalue weighted by atomic mass is 9.81. The first-order valence-corrected chi connectivity index (χ1v) is 10.1. The van der Waals surface area contributed by atoms with E-state index in [1.54, 1.807) is 11.8 Å². The summed E-state index contributed by atoms with van der Waals surface area (Å²) in [5.41, 5.74) is 0.187. The zero-order valence-electron chi connectivity index (χ0n) is 14.1. The number of nitrogens with zero attached hydrogens (tertiary/aromatic N) is 1. The molecule has 1 unspecified atom stereocenters. The Morgan fingerprint density at radius 1 is 1.26 bits per heavy atom. The van der Waals surface area contributed by atoms with Crippen LogP contribution in [0.1, 0.15) is 45.4 Å². The number of rotatable bonds is 4. The van der Waals surface area contributed by atoms with Crippen LogP contribution in [-0.4, -0.2) is 54.0 Å². The van der Waals surface area contributed by atoms with Crippen molar-refractivity contribution in [2.24, 2.45) is 11.3 Å². The van der Waals surface area contributed by atoms with E-state index in [0.717, 1.165) is 63.9 Å². The zero-order chi connectivity index (χ0) is 16.3. The van der Waals surface area contributed by atoms with E-state index in [-0.39, 0.29) is 29.2 Å². The minimum absolute atomic E-state index is 0.0427. The van der Waals surface area contributed by atoms with Crippen LogP contribution in [0.3, 0.4) is 0 Å². The summed E-state index contributed by atoms with van der Waals surface area (Å²) in [7, 11) is 0. The van der Waals surface area contributed by atoms with Gasteiger partial charge in [-0.2, -0.15) is 0 Å². The molecule has 0 aromatic heterocycles. The number of hydrogen-bond acceptors (Lipinski definition) is 4. The Balaban J connectivity index is 1.54. The van der Waals surface area contributed by atoms with Crippen LogP contribution in [-0.2, 0) is 9.59 Å². The predicted molar refractivity (Wildman–Crippen MR) is 93.1 cm³/mol. The van der Waals surface area contributed by atoms with Crippen LogP contribution in [0.4, 0.5) is 0 Å². The largest absolute Gasteiger partial charge is 0.354 e. The smallest absolute Gasteiger partial charge is 0.243 e. The molecule has 3 aliphatic rings. The molecule has 1 saturated carbocycles. The van der Waals surface area contributed by atoms with Crippen molar-refractivity contribution in [3.8, 4) is 0 Å². The molecule has 0 bridgehead atoms. The van der Waals surface area contributed by atoms with Crippen molar-refractivity contribution in [1.29, 1.82) is 0 Å². The van der Waals surface area contributed by atoms with Gasteiger partial charge >= 0.3 is 0 Å². The Kier molecular flexibility index (Phi) is 5.52. The Morgan fingerprint density at radius 2 is 1.96 bits per heavy atom. The van der Waals surface area contributed by atoms with Crippen molar-refractivity contribution >= 4 is 23.6 Å². The predicted octanol–water partition coefficient (Wildman–Crippen LogP) is 1.58. The van der Waals surface area contributed by atoms with E-state index < -0.39 is 0 Å². The van der Waals surface area contributed by atoms with Crippen LogP contribution >= 0.6 is 11.8 Å². The topological polar surface area (TPSA) is 61.4 Å². The maximum atomic E-state index is 12.7. The van der Waals surface area contributed by atoms with Gasteiger partial charge in [-0.25, -0.2) is 0 Å². The number of amides is 2. The molecular weight excluding hydrogens is 310 g/mol. The molecule has 0 radical (unpaired) electrons. The Hall–Kier alpha value is -0.750. The SMILES string of the molecule is CC1(CNC(=O)C2CSCN2C(=O)C2CCCC2)CCNCC1. The molecule has 0 spiro atoms. The molecular formula is C17H29N3O2S. The Bertz CT molecular complexity index is 445. The first kappa shape index (κ1) is 17.1. The van der Waals surface area contributed by atoms with Crippen LogP contribution in [0, 0.1) is 11.3 Å². The van der Waals surface area contributed by atoms with E-state index in [9.17, 15) is 9.59 Å². The summed E-state index contributed by atoms with van der Waals surface area (Å²) >= 11 is 1.70. The van der Waals surface area contributed by atoms with E-state index in [1.807, 2.05) is 4.90 Å². The van der Waals surface area contributed by atoms with Gasteiger partial charge in [-0.15, -0.1) is 11.8 Å². The highest BCUT2D eigenvalue weighted by molar-refractivity contribution is 7.99. The van der Waals surface area contributed by atoms with Gasteiger partial charge in [0, 0.05) is 18.2 Å². The van der Waals surface area contributed by atoms with E-state index in [2.05, 4.69) is 17.6 Å². The van der Waals surface area contributed by atoms with Gasteiger partial charge in [0.25, 0.3) is 0 Å². The fraction of sp³-hybridized carbons (Fsp3) is 0.882. The lowest BCUT2D eigenvalue weighted by molar-refractivity contribution is -0.141. The summed E-state index contributed by atoms with van der Waals surface area (Å²) in [6.45, 7) is 5.02. The average molecular weight is 340 g/mol. The third-order valence-electron chi connectivity index (χ3n) is 5.67. The maximum absolute atomic E-state index is 12.7. The van der Waals surface area contributed by atoms with Crippen molar-refractivity contribution in [1.82, 2.24) is 15.5 Å². The molecule has 2 aliphatic heterocycles. The van der Waals surface area contributed by atoms with Gasteiger partial charge in [0.05, 0.1) is 5.88 Å². The highest BCUT2D eigenvalue weighted by Crippen LogP contribution is 2.31.